The molecule has 0 amide bonds. The Balaban J connectivity index is 3.01. The van der Waals surface area contributed by atoms with Gasteiger partial charge in [-0.3, -0.25) is 0 Å². The second-order valence-electron chi connectivity index (χ2n) is 4.33. The van der Waals surface area contributed by atoms with Crippen LogP contribution in [0.2, 0.25) is 0 Å². The largest absolute Gasteiger partial charge is 0.0984 e. The Bertz CT molecular complexity index is 601. The van der Waals surface area contributed by atoms with E-state index in [2.05, 4.69) is 63.8 Å². The van der Waals surface area contributed by atoms with Crippen molar-refractivity contribution < 1.29 is 0 Å². The molecule has 2 aromatic rings. The smallest absolute Gasteiger partial charge is 0.0103 e. The van der Waals surface area contributed by atoms with Gasteiger partial charge < -0.3 is 0 Å². The SMILES string of the molecule is C=Cc1c(C)c(C)c2ccccc2c1/C=C\C. The molecule has 0 heterocycles. The minimum absolute atomic E-state index is 1.25. The standard InChI is InChI=1S/C17H18/c1-5-9-16-14(6-2)12(3)13(4)15-10-7-8-11-17(15)16/h5-11H,2H2,1,3-4H3/b9-5-. The molecule has 0 nitrogen and oxygen atoms in total. The lowest BCUT2D eigenvalue weighted by molar-refractivity contribution is 1.35. The first-order valence-electron chi connectivity index (χ1n) is 5.97. The normalized spacial score (nSPS) is 11.2. The van der Waals surface area contributed by atoms with Crippen LogP contribution in [-0.2, 0) is 0 Å². The van der Waals surface area contributed by atoms with Gasteiger partial charge in [0.15, 0.2) is 0 Å². The van der Waals surface area contributed by atoms with E-state index in [0.29, 0.717) is 0 Å². The van der Waals surface area contributed by atoms with Crippen LogP contribution in [0.5, 0.6) is 0 Å². The minimum Gasteiger partial charge on any atom is -0.0984 e. The van der Waals surface area contributed by atoms with Crippen LogP contribution in [0, 0.1) is 13.8 Å². The first kappa shape index (κ1) is 11.7. The Morgan fingerprint density at radius 3 is 2.18 bits per heavy atom. The van der Waals surface area contributed by atoms with Crippen molar-refractivity contribution in [3.8, 4) is 0 Å². The molecule has 0 aromatic heterocycles. The summed E-state index contributed by atoms with van der Waals surface area (Å²) in [5.74, 6) is 0. The van der Waals surface area contributed by atoms with E-state index in [0.717, 1.165) is 0 Å². The van der Waals surface area contributed by atoms with Gasteiger partial charge >= 0.3 is 0 Å². The summed E-state index contributed by atoms with van der Waals surface area (Å²) in [4.78, 5) is 0. The van der Waals surface area contributed by atoms with Crippen molar-refractivity contribution in [3.63, 3.8) is 0 Å². The molecule has 0 bridgehead atoms. The number of hydrogen-bond acceptors (Lipinski definition) is 0. The highest BCUT2D eigenvalue weighted by Crippen LogP contribution is 2.31. The van der Waals surface area contributed by atoms with Crippen LogP contribution >= 0.6 is 0 Å². The van der Waals surface area contributed by atoms with E-state index < -0.39 is 0 Å². The fourth-order valence-corrected chi connectivity index (χ4v) is 2.41. The summed E-state index contributed by atoms with van der Waals surface area (Å²) >= 11 is 0. The Morgan fingerprint density at radius 2 is 1.59 bits per heavy atom. The quantitative estimate of drug-likeness (QED) is 0.660. The van der Waals surface area contributed by atoms with Crippen molar-refractivity contribution in [1.82, 2.24) is 0 Å². The molecule has 0 radical (unpaired) electrons. The summed E-state index contributed by atoms with van der Waals surface area (Å²) in [5.41, 5.74) is 5.20. The number of benzene rings is 2. The second-order valence-corrected chi connectivity index (χ2v) is 4.33. The summed E-state index contributed by atoms with van der Waals surface area (Å²) in [5, 5.41) is 2.65. The molecule has 17 heavy (non-hydrogen) atoms. The number of allylic oxidation sites excluding steroid dienone is 1. The maximum absolute atomic E-state index is 3.95. The lowest BCUT2D eigenvalue weighted by Crippen LogP contribution is -1.93. The van der Waals surface area contributed by atoms with Crippen molar-refractivity contribution >= 4 is 22.9 Å². The fourth-order valence-electron chi connectivity index (χ4n) is 2.41. The van der Waals surface area contributed by atoms with Gasteiger partial charge in [0.2, 0.25) is 0 Å². The number of aryl methyl sites for hydroxylation is 1. The van der Waals surface area contributed by atoms with Gasteiger partial charge in [-0.25, -0.2) is 0 Å². The Morgan fingerprint density at radius 1 is 0.941 bits per heavy atom. The average molecular weight is 222 g/mol. The van der Waals surface area contributed by atoms with Crippen LogP contribution in [-0.4, -0.2) is 0 Å². The molecule has 2 aromatic carbocycles. The molecule has 0 fully saturated rings. The Kier molecular flexibility index (Phi) is 3.14. The van der Waals surface area contributed by atoms with Crippen LogP contribution in [0.25, 0.3) is 22.9 Å². The van der Waals surface area contributed by atoms with Gasteiger partial charge in [0.25, 0.3) is 0 Å². The van der Waals surface area contributed by atoms with Crippen molar-refractivity contribution in [1.29, 1.82) is 0 Å². The highest BCUT2D eigenvalue weighted by molar-refractivity contribution is 5.97. The first-order valence-corrected chi connectivity index (χ1v) is 5.97. The first-order chi connectivity index (χ1) is 8.20. The number of hydrogen-bond donors (Lipinski definition) is 0. The van der Waals surface area contributed by atoms with Gasteiger partial charge in [-0.1, -0.05) is 49.1 Å². The highest BCUT2D eigenvalue weighted by Gasteiger charge is 2.09. The van der Waals surface area contributed by atoms with E-state index in [4.69, 9.17) is 0 Å². The van der Waals surface area contributed by atoms with E-state index in [1.807, 2.05) is 6.08 Å². The summed E-state index contributed by atoms with van der Waals surface area (Å²) in [6.45, 7) is 10.4. The molecule has 86 valence electrons. The third kappa shape index (κ3) is 1.80. The predicted octanol–water partition coefficient (Wildman–Crippen LogP) is 5.13. The van der Waals surface area contributed by atoms with Crippen molar-refractivity contribution in [2.24, 2.45) is 0 Å². The minimum atomic E-state index is 1.25. The van der Waals surface area contributed by atoms with E-state index in [-0.39, 0.29) is 0 Å². The van der Waals surface area contributed by atoms with E-state index >= 15 is 0 Å². The molecule has 0 saturated carbocycles. The van der Waals surface area contributed by atoms with Crippen LogP contribution in [0.4, 0.5) is 0 Å². The van der Waals surface area contributed by atoms with Crippen molar-refractivity contribution in [2.75, 3.05) is 0 Å². The molecule has 0 N–H and O–H groups in total. The van der Waals surface area contributed by atoms with Gasteiger partial charge in [-0.05, 0) is 53.8 Å². The molecular formula is C17H18. The van der Waals surface area contributed by atoms with Gasteiger partial charge in [0.1, 0.15) is 0 Å². The molecule has 0 aliphatic rings. The van der Waals surface area contributed by atoms with Gasteiger partial charge in [-0.2, -0.15) is 0 Å². The Hall–Kier alpha value is -1.82. The molecule has 0 spiro atoms. The molecule has 0 aliphatic heterocycles. The zero-order valence-corrected chi connectivity index (χ0v) is 10.7. The van der Waals surface area contributed by atoms with E-state index in [9.17, 15) is 0 Å². The summed E-state index contributed by atoms with van der Waals surface area (Å²) in [6.07, 6.45) is 6.22. The second kappa shape index (κ2) is 4.58. The van der Waals surface area contributed by atoms with Crippen LogP contribution in [0.1, 0.15) is 29.2 Å². The maximum atomic E-state index is 3.95. The lowest BCUT2D eigenvalue weighted by Gasteiger charge is -2.14. The maximum Gasteiger partial charge on any atom is -0.0103 e. The molecule has 0 aliphatic carbocycles. The van der Waals surface area contributed by atoms with Crippen LogP contribution in [0.15, 0.2) is 36.9 Å². The Labute approximate surface area is 103 Å². The number of rotatable bonds is 2. The van der Waals surface area contributed by atoms with Gasteiger partial charge in [-0.15, -0.1) is 0 Å². The molecule has 0 atom stereocenters. The topological polar surface area (TPSA) is 0 Å². The summed E-state index contributed by atoms with van der Waals surface area (Å²) in [6, 6.07) is 8.57. The van der Waals surface area contributed by atoms with Crippen LogP contribution in [0.3, 0.4) is 0 Å². The zero-order valence-electron chi connectivity index (χ0n) is 10.7. The third-order valence-electron chi connectivity index (χ3n) is 3.42. The number of fused-ring (bicyclic) bond motifs is 1. The van der Waals surface area contributed by atoms with Crippen LogP contribution < -0.4 is 0 Å². The van der Waals surface area contributed by atoms with Crippen molar-refractivity contribution in [3.05, 3.63) is 59.2 Å². The summed E-state index contributed by atoms with van der Waals surface area (Å²) in [7, 11) is 0. The lowest BCUT2D eigenvalue weighted by atomic mass is 9.90. The molecular weight excluding hydrogens is 204 g/mol. The molecule has 0 heteroatoms. The average Bonchev–Trinajstić information content (AvgIpc) is 2.36. The van der Waals surface area contributed by atoms with E-state index in [1.54, 1.807) is 0 Å². The summed E-state index contributed by atoms with van der Waals surface area (Å²) < 4.78 is 0. The molecule has 0 unspecified atom stereocenters. The zero-order chi connectivity index (χ0) is 12.4. The monoisotopic (exact) mass is 222 g/mol. The molecule has 2 rings (SSSR count). The van der Waals surface area contributed by atoms with Gasteiger partial charge in [0, 0.05) is 0 Å². The van der Waals surface area contributed by atoms with E-state index in [1.165, 1.54) is 33.0 Å². The molecule has 0 saturated heterocycles. The van der Waals surface area contributed by atoms with Gasteiger partial charge in [0.05, 0.1) is 0 Å². The fraction of sp³-hybridized carbons (Fsp3) is 0.176. The predicted molar refractivity (Wildman–Crippen MR) is 78.2 cm³/mol. The third-order valence-corrected chi connectivity index (χ3v) is 3.42. The highest BCUT2D eigenvalue weighted by atomic mass is 14.1. The van der Waals surface area contributed by atoms with Crippen molar-refractivity contribution in [2.45, 2.75) is 20.8 Å².